The van der Waals surface area contributed by atoms with Crippen LogP contribution in [0.2, 0.25) is 0 Å². The van der Waals surface area contributed by atoms with Crippen LogP contribution in [0.4, 0.5) is 5.69 Å². The third-order valence-corrected chi connectivity index (χ3v) is 9.72. The fraction of sp³-hybridized carbons (Fsp3) is 0.519. The Morgan fingerprint density at radius 3 is 2.32 bits per heavy atom. The van der Waals surface area contributed by atoms with E-state index in [2.05, 4.69) is 10.0 Å². The highest BCUT2D eigenvalue weighted by Gasteiger charge is 2.53. The van der Waals surface area contributed by atoms with Gasteiger partial charge in [0.25, 0.3) is 5.91 Å². The zero-order valence-corrected chi connectivity index (χ0v) is 20.7. The van der Waals surface area contributed by atoms with Gasteiger partial charge in [-0.25, -0.2) is 13.1 Å². The number of rotatable bonds is 8. The summed E-state index contributed by atoms with van der Waals surface area (Å²) in [7, 11) is -3.75. The topological polar surface area (TPSA) is 84.5 Å². The van der Waals surface area contributed by atoms with Gasteiger partial charge in [0.05, 0.1) is 17.2 Å². The summed E-state index contributed by atoms with van der Waals surface area (Å²) in [4.78, 5) is 13.0. The Kier molecular flexibility index (Phi) is 6.19. The van der Waals surface area contributed by atoms with E-state index in [0.717, 1.165) is 37.0 Å². The van der Waals surface area contributed by atoms with Gasteiger partial charge in [0, 0.05) is 11.6 Å². The van der Waals surface area contributed by atoms with E-state index in [1.54, 1.807) is 30.3 Å². The standard InChI is InChI=1S/C27H34N2O4S/c1-3-33-25-10-5-4-9-24(25)28-26(30)22-7-6-8-23(14-22)34(31,32)29-18(2)27-15-19-11-20(16-27)13-21(12-19)17-27/h4-10,14,18-21,29H,3,11-13,15-17H2,1-2H3,(H,28,30). The molecular formula is C27H34N2O4S. The molecule has 0 radical (unpaired) electrons. The molecule has 1 amide bonds. The lowest BCUT2D eigenvalue weighted by Gasteiger charge is -2.59. The monoisotopic (exact) mass is 482 g/mol. The van der Waals surface area contributed by atoms with Crippen LogP contribution in [0.1, 0.15) is 62.7 Å². The number of ether oxygens (including phenoxy) is 1. The summed E-state index contributed by atoms with van der Waals surface area (Å²) in [6.45, 7) is 4.39. The molecule has 34 heavy (non-hydrogen) atoms. The predicted molar refractivity (Wildman–Crippen MR) is 132 cm³/mol. The van der Waals surface area contributed by atoms with Crippen LogP contribution in [0.3, 0.4) is 0 Å². The van der Waals surface area contributed by atoms with Crippen molar-refractivity contribution < 1.29 is 17.9 Å². The molecule has 4 bridgehead atoms. The molecule has 0 saturated heterocycles. The van der Waals surface area contributed by atoms with Gasteiger partial charge in [-0.15, -0.1) is 0 Å². The van der Waals surface area contributed by atoms with Crippen molar-refractivity contribution >= 4 is 21.6 Å². The molecule has 2 N–H and O–H groups in total. The first kappa shape index (κ1) is 23.4. The summed E-state index contributed by atoms with van der Waals surface area (Å²) in [5.74, 6) is 2.46. The molecule has 1 unspecified atom stereocenters. The van der Waals surface area contributed by atoms with Crippen molar-refractivity contribution in [3.05, 3.63) is 54.1 Å². The first-order chi connectivity index (χ1) is 16.3. The highest BCUT2D eigenvalue weighted by molar-refractivity contribution is 7.89. The molecule has 2 aromatic rings. The van der Waals surface area contributed by atoms with Crippen LogP contribution in [-0.4, -0.2) is 27.0 Å². The summed E-state index contributed by atoms with van der Waals surface area (Å²) in [5.41, 5.74) is 0.910. The van der Waals surface area contributed by atoms with E-state index >= 15 is 0 Å². The minimum absolute atomic E-state index is 0.0692. The van der Waals surface area contributed by atoms with Crippen LogP contribution in [-0.2, 0) is 10.0 Å². The predicted octanol–water partition coefficient (Wildman–Crippen LogP) is 5.22. The van der Waals surface area contributed by atoms with E-state index in [0.29, 0.717) is 18.0 Å². The average molecular weight is 483 g/mol. The van der Waals surface area contributed by atoms with E-state index in [1.165, 1.54) is 25.3 Å². The van der Waals surface area contributed by atoms with Crippen molar-refractivity contribution in [1.82, 2.24) is 4.72 Å². The summed E-state index contributed by atoms with van der Waals surface area (Å²) in [6, 6.07) is 13.3. The number of benzene rings is 2. The molecule has 1 atom stereocenters. The minimum atomic E-state index is -3.75. The first-order valence-electron chi connectivity index (χ1n) is 12.4. The van der Waals surface area contributed by atoms with Crippen molar-refractivity contribution in [3.63, 3.8) is 0 Å². The first-order valence-corrected chi connectivity index (χ1v) is 13.9. The Balaban J connectivity index is 1.32. The molecule has 7 heteroatoms. The SMILES string of the molecule is CCOc1ccccc1NC(=O)c1cccc(S(=O)(=O)NC(C)C23CC4CC(CC(C4)C2)C3)c1. The second-order valence-corrected chi connectivity index (χ2v) is 12.2. The Morgan fingerprint density at radius 2 is 1.68 bits per heavy atom. The van der Waals surface area contributed by atoms with Gasteiger partial charge >= 0.3 is 0 Å². The number of nitrogens with one attached hydrogen (secondary N) is 2. The smallest absolute Gasteiger partial charge is 0.255 e. The average Bonchev–Trinajstić information content (AvgIpc) is 2.79. The molecule has 4 saturated carbocycles. The van der Waals surface area contributed by atoms with Crippen LogP contribution < -0.4 is 14.8 Å². The number of carbonyl (C=O) groups is 1. The largest absolute Gasteiger partial charge is 0.492 e. The van der Waals surface area contributed by atoms with Gasteiger partial charge < -0.3 is 10.1 Å². The molecule has 0 spiro atoms. The van der Waals surface area contributed by atoms with Crippen LogP contribution in [0.5, 0.6) is 5.75 Å². The number of para-hydroxylation sites is 2. The molecule has 4 aliphatic rings. The van der Waals surface area contributed by atoms with Gasteiger partial charge in [-0.1, -0.05) is 18.2 Å². The number of carbonyl (C=O) groups excluding carboxylic acids is 1. The van der Waals surface area contributed by atoms with Crippen LogP contribution >= 0.6 is 0 Å². The number of hydrogen-bond donors (Lipinski definition) is 2. The van der Waals surface area contributed by atoms with Crippen molar-refractivity contribution in [2.24, 2.45) is 23.2 Å². The Bertz CT molecular complexity index is 1140. The second kappa shape index (κ2) is 9.00. The Hall–Kier alpha value is -2.38. The molecule has 2 aromatic carbocycles. The maximum Gasteiger partial charge on any atom is 0.255 e. The fourth-order valence-corrected chi connectivity index (χ4v) is 8.38. The lowest BCUT2D eigenvalue weighted by atomic mass is 9.48. The third-order valence-electron chi connectivity index (χ3n) is 8.18. The number of amides is 1. The van der Waals surface area contributed by atoms with Crippen molar-refractivity contribution in [2.45, 2.75) is 63.3 Å². The highest BCUT2D eigenvalue weighted by atomic mass is 32.2. The molecular weight excluding hydrogens is 448 g/mol. The van der Waals surface area contributed by atoms with Gasteiger partial charge in [0.15, 0.2) is 0 Å². The second-order valence-electron chi connectivity index (χ2n) is 10.5. The van der Waals surface area contributed by atoms with E-state index in [9.17, 15) is 13.2 Å². The number of sulfonamides is 1. The lowest BCUT2D eigenvalue weighted by Crippen LogP contribution is -2.55. The van der Waals surface area contributed by atoms with Crippen LogP contribution in [0.25, 0.3) is 0 Å². The van der Waals surface area contributed by atoms with Crippen molar-refractivity contribution in [2.75, 3.05) is 11.9 Å². The molecule has 182 valence electrons. The van der Waals surface area contributed by atoms with Crippen LogP contribution in [0, 0.1) is 23.2 Å². The zero-order valence-electron chi connectivity index (χ0n) is 19.9. The summed E-state index contributed by atoms with van der Waals surface area (Å²) < 4.78 is 35.3. The molecule has 0 aromatic heterocycles. The Labute approximate surface area is 202 Å². The van der Waals surface area contributed by atoms with E-state index < -0.39 is 10.0 Å². The summed E-state index contributed by atoms with van der Waals surface area (Å²) >= 11 is 0. The lowest BCUT2D eigenvalue weighted by molar-refractivity contribution is -0.0666. The van der Waals surface area contributed by atoms with E-state index in [-0.39, 0.29) is 27.8 Å². The molecule has 0 heterocycles. The third kappa shape index (κ3) is 4.48. The Morgan fingerprint density at radius 1 is 1.03 bits per heavy atom. The van der Waals surface area contributed by atoms with Gasteiger partial charge in [-0.2, -0.15) is 0 Å². The van der Waals surface area contributed by atoms with E-state index in [4.69, 9.17) is 4.74 Å². The van der Waals surface area contributed by atoms with Crippen molar-refractivity contribution in [3.8, 4) is 5.75 Å². The number of anilines is 1. The zero-order chi connectivity index (χ0) is 23.9. The van der Waals surface area contributed by atoms with E-state index in [1.807, 2.05) is 26.0 Å². The van der Waals surface area contributed by atoms with Gasteiger partial charge in [0.1, 0.15) is 5.75 Å². The quantitative estimate of drug-likeness (QED) is 0.540. The van der Waals surface area contributed by atoms with Gasteiger partial charge in [-0.3, -0.25) is 4.79 Å². The summed E-state index contributed by atoms with van der Waals surface area (Å²) in [5, 5.41) is 2.84. The fourth-order valence-electron chi connectivity index (χ4n) is 6.98. The van der Waals surface area contributed by atoms with Crippen LogP contribution in [0.15, 0.2) is 53.4 Å². The molecule has 6 nitrogen and oxygen atoms in total. The minimum Gasteiger partial charge on any atom is -0.492 e. The van der Waals surface area contributed by atoms with Gasteiger partial charge in [-0.05, 0) is 106 Å². The maximum absolute atomic E-state index is 13.3. The molecule has 0 aliphatic heterocycles. The van der Waals surface area contributed by atoms with Gasteiger partial charge in [0.2, 0.25) is 10.0 Å². The highest BCUT2D eigenvalue weighted by Crippen LogP contribution is 2.61. The normalized spacial score (nSPS) is 28.5. The molecule has 6 rings (SSSR count). The molecule has 4 aliphatic carbocycles. The number of hydrogen-bond acceptors (Lipinski definition) is 4. The maximum atomic E-state index is 13.3. The van der Waals surface area contributed by atoms with Crippen molar-refractivity contribution in [1.29, 1.82) is 0 Å². The summed E-state index contributed by atoms with van der Waals surface area (Å²) in [6.07, 6.45) is 7.35. The molecule has 4 fully saturated rings.